The van der Waals surface area contributed by atoms with Crippen LogP contribution in [-0.2, 0) is 31.1 Å². The van der Waals surface area contributed by atoms with Crippen molar-refractivity contribution >= 4 is 17.2 Å². The van der Waals surface area contributed by atoms with Crippen molar-refractivity contribution in [1.29, 1.82) is 0 Å². The predicted molar refractivity (Wildman–Crippen MR) is 248 cm³/mol. The minimum absolute atomic E-state index is 0.410. The van der Waals surface area contributed by atoms with Crippen LogP contribution in [-0.4, -0.2) is 14.2 Å². The highest BCUT2D eigenvalue weighted by Crippen LogP contribution is 2.73. The van der Waals surface area contributed by atoms with Gasteiger partial charge in [0.1, 0.15) is 23.0 Å². The summed E-state index contributed by atoms with van der Waals surface area (Å²) >= 11 is 0. The molecule has 0 spiro atoms. The van der Waals surface area contributed by atoms with Crippen molar-refractivity contribution in [3.05, 3.63) is 203 Å². The first-order valence-electron chi connectivity index (χ1n) is 21.0. The average molecular weight is 875 g/mol. The molecule has 1 saturated heterocycles. The van der Waals surface area contributed by atoms with Gasteiger partial charge in [-0.05, 0) is 69.6 Å². The van der Waals surface area contributed by atoms with Crippen LogP contribution < -0.4 is 27.6 Å². The van der Waals surface area contributed by atoms with Crippen LogP contribution in [0.3, 0.4) is 0 Å². The zero-order valence-corrected chi connectivity index (χ0v) is 38.0. The third-order valence-corrected chi connectivity index (χ3v) is 14.5. The molecule has 63 heavy (non-hydrogen) atoms. The van der Waals surface area contributed by atoms with Gasteiger partial charge in [0, 0.05) is 27.7 Å². The van der Waals surface area contributed by atoms with Crippen LogP contribution in [0.2, 0.25) is 0 Å². The second-order valence-corrected chi connectivity index (χ2v) is 19.4. The second-order valence-electron chi connectivity index (χ2n) is 17.4. The van der Waals surface area contributed by atoms with Crippen molar-refractivity contribution in [2.75, 3.05) is 14.2 Å². The van der Waals surface area contributed by atoms with Gasteiger partial charge in [0.25, 0.3) is 0 Å². The van der Waals surface area contributed by atoms with Gasteiger partial charge in [0.2, 0.25) is 0 Å². The van der Waals surface area contributed by atoms with E-state index in [0.717, 1.165) is 38.9 Å². The topological polar surface area (TPSA) is 73.8 Å². The maximum Gasteiger partial charge on any atom is 0.530 e. The standard InChI is InChI=1S/C53H48O8P2/c1-50(2,3)44-33-38(54-6)31-40(48(44)58-62-56-46-29-19-20-30-47(46)57-62)41-32-39(55-7)34-45-49(41)59-63-60-52(35-21-11-8-12-22-35,36-23-13-9-14-24-36)53(61-63,37-25-15-10-16-26-37)43-28-18-17-27-42(43)51(45,4)5/h8-34H,1-7H3. The van der Waals surface area contributed by atoms with Crippen LogP contribution in [0, 0.1) is 0 Å². The Labute approximate surface area is 371 Å². The summed E-state index contributed by atoms with van der Waals surface area (Å²) in [6, 6.07) is 55.4. The molecule has 10 heteroatoms. The zero-order chi connectivity index (χ0) is 43.6. The molecule has 0 N–H and O–H groups in total. The summed E-state index contributed by atoms with van der Waals surface area (Å²) in [7, 11) is -0.716. The Morgan fingerprint density at radius 3 is 1.52 bits per heavy atom. The minimum Gasteiger partial charge on any atom is -0.497 e. The quantitative estimate of drug-likeness (QED) is 0.140. The summed E-state index contributed by atoms with van der Waals surface area (Å²) in [4.78, 5) is 0. The van der Waals surface area contributed by atoms with Crippen LogP contribution >= 0.6 is 17.2 Å². The SMILES string of the molecule is COc1cc(-c2cc(OC)cc3c2OP2OC(c4ccccc4)(c4ccccc4)C(c4ccccc4)(O2)c2ccccc2C3(C)C)c(OP2Oc3ccccc3O2)c(C(C)(C)C)c1. The van der Waals surface area contributed by atoms with E-state index >= 15 is 0 Å². The van der Waals surface area contributed by atoms with E-state index in [9.17, 15) is 0 Å². The molecule has 2 unspecified atom stereocenters. The molecule has 3 aliphatic rings. The fourth-order valence-electron chi connectivity index (χ4n) is 9.26. The predicted octanol–water partition coefficient (Wildman–Crippen LogP) is 13.9. The molecule has 0 saturated carbocycles. The Balaban J connectivity index is 1.28. The molecule has 0 aliphatic carbocycles. The van der Waals surface area contributed by atoms with E-state index in [4.69, 9.17) is 36.6 Å². The molecule has 3 aliphatic heterocycles. The molecule has 3 heterocycles. The molecule has 0 radical (unpaired) electrons. The van der Waals surface area contributed by atoms with E-state index in [1.807, 2.05) is 60.7 Å². The van der Waals surface area contributed by atoms with Crippen molar-refractivity contribution < 1.29 is 36.6 Å². The molecule has 318 valence electrons. The van der Waals surface area contributed by atoms with Gasteiger partial charge in [-0.15, -0.1) is 0 Å². The van der Waals surface area contributed by atoms with Gasteiger partial charge in [-0.3, -0.25) is 9.05 Å². The van der Waals surface area contributed by atoms with Crippen molar-refractivity contribution in [3.63, 3.8) is 0 Å². The third-order valence-electron chi connectivity index (χ3n) is 12.3. The van der Waals surface area contributed by atoms with Gasteiger partial charge in [-0.1, -0.05) is 162 Å². The molecule has 2 bridgehead atoms. The van der Waals surface area contributed by atoms with E-state index in [1.165, 1.54) is 0 Å². The molecule has 10 rings (SSSR count). The Morgan fingerprint density at radius 2 is 0.968 bits per heavy atom. The van der Waals surface area contributed by atoms with Crippen LogP contribution in [0.4, 0.5) is 0 Å². The van der Waals surface area contributed by atoms with Crippen molar-refractivity contribution in [3.8, 4) is 45.6 Å². The summed E-state index contributed by atoms with van der Waals surface area (Å²) in [6.07, 6.45) is 0. The number of hydrogen-bond donors (Lipinski definition) is 0. The molecule has 7 aromatic carbocycles. The molecule has 8 nitrogen and oxygen atoms in total. The van der Waals surface area contributed by atoms with Gasteiger partial charge in [0.05, 0.1) is 14.2 Å². The van der Waals surface area contributed by atoms with Crippen molar-refractivity contribution in [1.82, 2.24) is 0 Å². The number of hydrogen-bond acceptors (Lipinski definition) is 8. The van der Waals surface area contributed by atoms with Crippen LogP contribution in [0.15, 0.2) is 164 Å². The lowest BCUT2D eigenvalue weighted by Gasteiger charge is -2.46. The Kier molecular flexibility index (Phi) is 10.3. The molecular formula is C53H48O8P2. The fraction of sp³-hybridized carbons (Fsp3) is 0.208. The first-order valence-corrected chi connectivity index (χ1v) is 23.2. The Hall–Kier alpha value is -5.88. The van der Waals surface area contributed by atoms with Crippen molar-refractivity contribution in [2.45, 2.75) is 56.7 Å². The number of fused-ring (bicyclic) bond motifs is 6. The summed E-state index contributed by atoms with van der Waals surface area (Å²) in [5.74, 6) is 3.66. The highest BCUT2D eigenvalue weighted by molar-refractivity contribution is 7.43. The van der Waals surface area contributed by atoms with Crippen molar-refractivity contribution in [2.24, 2.45) is 0 Å². The lowest BCUT2D eigenvalue weighted by atomic mass is 9.62. The van der Waals surface area contributed by atoms with Gasteiger partial charge in [-0.25, -0.2) is 0 Å². The van der Waals surface area contributed by atoms with E-state index in [1.54, 1.807) is 14.2 Å². The number of rotatable bonds is 8. The Bertz CT molecular complexity index is 2740. The normalized spacial score (nSPS) is 19.4. The lowest BCUT2D eigenvalue weighted by molar-refractivity contribution is 0.00259. The van der Waals surface area contributed by atoms with E-state index < -0.39 is 39.2 Å². The first-order chi connectivity index (χ1) is 30.5. The summed E-state index contributed by atoms with van der Waals surface area (Å²) < 4.78 is 54.6. The molecule has 1 fully saturated rings. The lowest BCUT2D eigenvalue weighted by Crippen LogP contribution is -2.50. The Morgan fingerprint density at radius 1 is 0.492 bits per heavy atom. The highest BCUT2D eigenvalue weighted by atomic mass is 31.2. The van der Waals surface area contributed by atoms with Gasteiger partial charge in [0.15, 0.2) is 22.7 Å². The average Bonchev–Trinajstić information content (AvgIpc) is 3.89. The summed E-state index contributed by atoms with van der Waals surface area (Å²) in [6.45, 7) is 10.9. The van der Waals surface area contributed by atoms with E-state index in [-0.39, 0.29) is 0 Å². The molecule has 0 aromatic heterocycles. The van der Waals surface area contributed by atoms with Gasteiger partial charge >= 0.3 is 17.2 Å². The summed E-state index contributed by atoms with van der Waals surface area (Å²) in [5.41, 5.74) is 4.31. The minimum atomic E-state index is -2.19. The molecule has 0 amide bonds. The maximum absolute atomic E-state index is 7.70. The number of methoxy groups -OCH3 is 2. The van der Waals surface area contributed by atoms with Gasteiger partial charge in [-0.2, -0.15) is 0 Å². The second kappa shape index (κ2) is 15.7. The van der Waals surface area contributed by atoms with E-state index in [2.05, 4.69) is 138 Å². The molecule has 2 atom stereocenters. The highest BCUT2D eigenvalue weighted by Gasteiger charge is 2.68. The monoisotopic (exact) mass is 874 g/mol. The molecular weight excluding hydrogens is 827 g/mol. The summed E-state index contributed by atoms with van der Waals surface area (Å²) in [5, 5.41) is 0. The van der Waals surface area contributed by atoms with Crippen LogP contribution in [0.1, 0.15) is 73.6 Å². The van der Waals surface area contributed by atoms with Crippen LogP contribution in [0.5, 0.6) is 34.5 Å². The van der Waals surface area contributed by atoms with Gasteiger partial charge < -0.3 is 27.6 Å². The van der Waals surface area contributed by atoms with Crippen LogP contribution in [0.25, 0.3) is 11.1 Å². The number of para-hydroxylation sites is 2. The number of benzene rings is 7. The number of ether oxygens (including phenoxy) is 2. The first kappa shape index (κ1) is 41.1. The zero-order valence-electron chi connectivity index (χ0n) is 36.2. The maximum atomic E-state index is 7.70. The van der Waals surface area contributed by atoms with E-state index in [0.29, 0.717) is 45.6 Å². The smallest absolute Gasteiger partial charge is 0.497 e. The largest absolute Gasteiger partial charge is 0.530 e. The molecule has 7 aromatic rings. The fourth-order valence-corrected chi connectivity index (χ4v) is 11.9. The third kappa shape index (κ3) is 6.66.